The summed E-state index contributed by atoms with van der Waals surface area (Å²) >= 11 is 0. The molecule has 0 aromatic heterocycles. The molecule has 0 amide bonds. The lowest BCUT2D eigenvalue weighted by atomic mass is 10.3. The van der Waals surface area contributed by atoms with Gasteiger partial charge in [0, 0.05) is 12.3 Å². The maximum absolute atomic E-state index is 10.8. The van der Waals surface area contributed by atoms with Crippen molar-refractivity contribution in [3.05, 3.63) is 0 Å². The molecule has 5 heteroatoms. The molecular weight excluding hydrogens is 190 g/mol. The summed E-state index contributed by atoms with van der Waals surface area (Å²) in [6, 6.07) is -0.0475. The molecule has 2 atom stereocenters. The number of aliphatic hydroxyl groups is 1. The summed E-state index contributed by atoms with van der Waals surface area (Å²) in [6.45, 7) is 4.18. The molecule has 0 heterocycles. The van der Waals surface area contributed by atoms with Gasteiger partial charge in [0.25, 0.3) is 0 Å². The Kier molecular flexibility index (Phi) is 5.51. The fourth-order valence-corrected chi connectivity index (χ4v) is 2.08. The first-order valence-electron chi connectivity index (χ1n) is 4.40. The van der Waals surface area contributed by atoms with Crippen LogP contribution >= 0.6 is 0 Å². The van der Waals surface area contributed by atoms with Crippen LogP contribution in [0.5, 0.6) is 0 Å². The second kappa shape index (κ2) is 5.57. The van der Waals surface area contributed by atoms with Crippen molar-refractivity contribution in [1.82, 2.24) is 5.32 Å². The summed E-state index contributed by atoms with van der Waals surface area (Å²) in [6.07, 6.45) is 1.53. The molecule has 0 bridgehead atoms. The molecule has 13 heavy (non-hydrogen) atoms. The lowest BCUT2D eigenvalue weighted by molar-refractivity contribution is 0.183. The van der Waals surface area contributed by atoms with E-state index >= 15 is 0 Å². The highest BCUT2D eigenvalue weighted by Gasteiger charge is 2.09. The molecule has 0 aliphatic rings. The Bertz CT molecular complexity index is 224. The minimum Gasteiger partial charge on any atom is -0.393 e. The molecule has 0 aromatic rings. The van der Waals surface area contributed by atoms with Crippen molar-refractivity contribution < 1.29 is 13.5 Å². The number of rotatable bonds is 6. The van der Waals surface area contributed by atoms with Crippen molar-refractivity contribution in [2.75, 3.05) is 18.6 Å². The summed E-state index contributed by atoms with van der Waals surface area (Å²) in [7, 11) is -2.90. The van der Waals surface area contributed by atoms with Gasteiger partial charge in [0.1, 0.15) is 9.84 Å². The lowest BCUT2D eigenvalue weighted by Crippen LogP contribution is -2.34. The van der Waals surface area contributed by atoms with Crippen LogP contribution in [-0.2, 0) is 9.84 Å². The van der Waals surface area contributed by atoms with Gasteiger partial charge in [0.05, 0.1) is 11.9 Å². The number of hydrogen-bond acceptors (Lipinski definition) is 4. The summed E-state index contributed by atoms with van der Waals surface area (Å²) < 4.78 is 21.7. The van der Waals surface area contributed by atoms with E-state index < -0.39 is 9.84 Å². The van der Waals surface area contributed by atoms with Crippen LogP contribution in [0.25, 0.3) is 0 Å². The third-order valence-electron chi connectivity index (χ3n) is 1.61. The number of sulfone groups is 1. The average Bonchev–Trinajstić information content (AvgIpc) is 1.81. The van der Waals surface area contributed by atoms with Crippen molar-refractivity contribution in [3.63, 3.8) is 0 Å². The van der Waals surface area contributed by atoms with Crippen LogP contribution in [0.2, 0.25) is 0 Å². The first kappa shape index (κ1) is 12.9. The van der Waals surface area contributed by atoms with Crippen LogP contribution in [-0.4, -0.2) is 44.2 Å². The molecule has 0 fully saturated rings. The lowest BCUT2D eigenvalue weighted by Gasteiger charge is -2.12. The van der Waals surface area contributed by atoms with Gasteiger partial charge in [-0.25, -0.2) is 8.42 Å². The molecular formula is C8H19NO3S. The predicted molar refractivity (Wildman–Crippen MR) is 53.5 cm³/mol. The molecule has 0 rings (SSSR count). The van der Waals surface area contributed by atoms with Gasteiger partial charge >= 0.3 is 0 Å². The third-order valence-corrected chi connectivity index (χ3v) is 2.71. The van der Waals surface area contributed by atoms with Crippen LogP contribution in [0.15, 0.2) is 0 Å². The summed E-state index contributed by atoms with van der Waals surface area (Å²) in [5, 5.41) is 12.0. The van der Waals surface area contributed by atoms with E-state index in [1.807, 2.05) is 6.92 Å². The third kappa shape index (κ3) is 9.79. The minimum atomic E-state index is -2.90. The van der Waals surface area contributed by atoms with E-state index in [9.17, 15) is 8.42 Å². The molecule has 0 saturated carbocycles. The smallest absolute Gasteiger partial charge is 0.148 e. The van der Waals surface area contributed by atoms with Crippen LogP contribution in [0, 0.1) is 0 Å². The Labute approximate surface area is 80.3 Å². The van der Waals surface area contributed by atoms with Gasteiger partial charge in [0.2, 0.25) is 0 Å². The monoisotopic (exact) mass is 209 g/mol. The largest absolute Gasteiger partial charge is 0.393 e. The van der Waals surface area contributed by atoms with Crippen LogP contribution in [0.1, 0.15) is 20.3 Å². The Hall–Kier alpha value is -0.130. The highest BCUT2D eigenvalue weighted by atomic mass is 32.2. The fraction of sp³-hybridized carbons (Fsp3) is 1.00. The molecule has 0 aliphatic heterocycles. The second-order valence-corrected chi connectivity index (χ2v) is 5.77. The van der Waals surface area contributed by atoms with Gasteiger partial charge in [-0.15, -0.1) is 0 Å². The van der Waals surface area contributed by atoms with Crippen molar-refractivity contribution >= 4 is 9.84 Å². The van der Waals surface area contributed by atoms with Gasteiger partial charge in [-0.1, -0.05) is 0 Å². The molecule has 0 aliphatic carbocycles. The quantitative estimate of drug-likeness (QED) is 0.635. The van der Waals surface area contributed by atoms with Crippen molar-refractivity contribution in [3.8, 4) is 0 Å². The van der Waals surface area contributed by atoms with Crippen LogP contribution in [0.3, 0.4) is 0 Å². The maximum Gasteiger partial charge on any atom is 0.148 e. The summed E-state index contributed by atoms with van der Waals surface area (Å²) in [5.41, 5.74) is 0. The van der Waals surface area contributed by atoms with E-state index in [-0.39, 0.29) is 17.9 Å². The van der Waals surface area contributed by atoms with Crippen molar-refractivity contribution in [2.45, 2.75) is 32.4 Å². The van der Waals surface area contributed by atoms with Crippen molar-refractivity contribution in [2.24, 2.45) is 0 Å². The van der Waals surface area contributed by atoms with E-state index in [2.05, 4.69) is 5.32 Å². The summed E-state index contributed by atoms with van der Waals surface area (Å²) in [5.74, 6) is 0.146. The van der Waals surface area contributed by atoms with Gasteiger partial charge in [-0.3, -0.25) is 0 Å². The average molecular weight is 209 g/mol. The number of hydrogen-bond donors (Lipinski definition) is 2. The zero-order chi connectivity index (χ0) is 10.5. The highest BCUT2D eigenvalue weighted by molar-refractivity contribution is 7.90. The molecule has 0 aromatic carbocycles. The Morgan fingerprint density at radius 2 is 1.92 bits per heavy atom. The molecule has 0 spiro atoms. The predicted octanol–water partition coefficient (Wildman–Crippen LogP) is -0.220. The second-order valence-electron chi connectivity index (χ2n) is 3.59. The molecule has 2 unspecified atom stereocenters. The first-order valence-corrected chi connectivity index (χ1v) is 6.46. The van der Waals surface area contributed by atoms with E-state index in [0.29, 0.717) is 13.0 Å². The minimum absolute atomic E-state index is 0.0475. The zero-order valence-electron chi connectivity index (χ0n) is 8.45. The van der Waals surface area contributed by atoms with Gasteiger partial charge in [-0.05, 0) is 26.8 Å². The van der Waals surface area contributed by atoms with E-state index in [1.54, 1.807) is 6.92 Å². The van der Waals surface area contributed by atoms with Gasteiger partial charge < -0.3 is 10.4 Å². The van der Waals surface area contributed by atoms with Crippen molar-refractivity contribution in [1.29, 1.82) is 0 Å². The zero-order valence-corrected chi connectivity index (χ0v) is 9.26. The standard InChI is InChI=1S/C8H19NO3S/c1-7(6-13(3,11)12)9-5-4-8(2)10/h7-10H,4-6H2,1-3H3. The molecule has 2 N–H and O–H groups in total. The molecule has 0 radical (unpaired) electrons. The molecule has 0 saturated heterocycles. The molecule has 4 nitrogen and oxygen atoms in total. The van der Waals surface area contributed by atoms with Gasteiger partial charge in [-0.2, -0.15) is 0 Å². The Morgan fingerprint density at radius 1 is 1.38 bits per heavy atom. The van der Waals surface area contributed by atoms with Crippen LogP contribution < -0.4 is 5.32 Å². The number of aliphatic hydroxyl groups excluding tert-OH is 1. The normalized spacial score (nSPS) is 16.9. The SMILES string of the molecule is CC(O)CCNC(C)CS(C)(=O)=O. The highest BCUT2D eigenvalue weighted by Crippen LogP contribution is 1.92. The van der Waals surface area contributed by atoms with E-state index in [1.165, 1.54) is 6.26 Å². The van der Waals surface area contributed by atoms with Crippen LogP contribution in [0.4, 0.5) is 0 Å². The Balaban J connectivity index is 3.58. The van der Waals surface area contributed by atoms with E-state index in [4.69, 9.17) is 5.11 Å². The topological polar surface area (TPSA) is 66.4 Å². The Morgan fingerprint density at radius 3 is 2.31 bits per heavy atom. The first-order chi connectivity index (χ1) is 5.81. The fourth-order valence-electron chi connectivity index (χ4n) is 1.05. The summed E-state index contributed by atoms with van der Waals surface area (Å²) in [4.78, 5) is 0. The number of nitrogens with one attached hydrogen (secondary N) is 1. The maximum atomic E-state index is 10.8. The van der Waals surface area contributed by atoms with E-state index in [0.717, 1.165) is 0 Å². The molecule has 80 valence electrons. The van der Waals surface area contributed by atoms with Gasteiger partial charge in [0.15, 0.2) is 0 Å².